The van der Waals surface area contributed by atoms with Crippen molar-refractivity contribution in [2.24, 2.45) is 0 Å². The van der Waals surface area contributed by atoms with Crippen LogP contribution in [-0.2, 0) is 49.0 Å². The molecule has 0 amide bonds. The maximum atomic E-state index is 13.2. The highest BCUT2D eigenvalue weighted by Crippen LogP contribution is 2.37. The van der Waals surface area contributed by atoms with Crippen molar-refractivity contribution in [3.8, 4) is 23.0 Å². The average Bonchev–Trinajstić information content (AvgIpc) is 3.49. The van der Waals surface area contributed by atoms with Gasteiger partial charge < -0.3 is 63.8 Å². The molecule has 17 nitrogen and oxygen atoms in total. The lowest BCUT2D eigenvalue weighted by atomic mass is 9.79. The molecule has 1 aliphatic rings. The Balaban J connectivity index is 0.000000208. The Bertz CT molecular complexity index is 2550. The minimum atomic E-state index is -0.504. The number of aryl methyl sites for hydroxylation is 1. The van der Waals surface area contributed by atoms with Crippen molar-refractivity contribution in [3.05, 3.63) is 117 Å². The molecule has 0 atom stereocenters. The van der Waals surface area contributed by atoms with Crippen LogP contribution in [-0.4, -0.2) is 101 Å². The third-order valence-corrected chi connectivity index (χ3v) is 10.5. The van der Waals surface area contributed by atoms with Gasteiger partial charge in [0.25, 0.3) is 0 Å². The van der Waals surface area contributed by atoms with E-state index in [9.17, 15) is 20.1 Å². The Kier molecular flexibility index (Phi) is 16.3. The van der Waals surface area contributed by atoms with Gasteiger partial charge in [-0.05, 0) is 90.7 Å². The van der Waals surface area contributed by atoms with Crippen LogP contribution in [0.3, 0.4) is 0 Å². The Morgan fingerprint density at radius 2 is 1.25 bits per heavy atom. The number of ether oxygens (including phenoxy) is 2. The van der Waals surface area contributed by atoms with Gasteiger partial charge in [-0.1, -0.05) is 6.07 Å². The summed E-state index contributed by atoms with van der Waals surface area (Å²) >= 11 is 0. The minimum absolute atomic E-state index is 0.00810. The molecule has 336 valence electrons. The van der Waals surface area contributed by atoms with Gasteiger partial charge in [0.2, 0.25) is 5.43 Å². The van der Waals surface area contributed by atoms with Gasteiger partial charge in [0, 0.05) is 41.0 Å². The maximum Gasteiger partial charge on any atom is 0.496 e. The first-order valence-electron chi connectivity index (χ1n) is 20.1. The van der Waals surface area contributed by atoms with E-state index in [2.05, 4.69) is 15.0 Å². The van der Waals surface area contributed by atoms with Crippen molar-refractivity contribution < 1.29 is 58.9 Å². The molecule has 4 aromatic heterocycles. The van der Waals surface area contributed by atoms with Crippen LogP contribution in [0.2, 0.25) is 0 Å². The second-order valence-electron chi connectivity index (χ2n) is 16.0. The third kappa shape index (κ3) is 11.7. The number of benzene rings is 2. The fourth-order valence-corrected chi connectivity index (χ4v) is 6.29. The van der Waals surface area contributed by atoms with Crippen molar-refractivity contribution in [1.29, 1.82) is 0 Å². The summed E-state index contributed by atoms with van der Waals surface area (Å²) in [6.45, 7) is 9.66. The molecule has 0 bridgehead atoms. The zero-order valence-corrected chi connectivity index (χ0v) is 36.5. The molecule has 0 aliphatic carbocycles. The highest BCUT2D eigenvalue weighted by atomic mass is 16.7. The van der Waals surface area contributed by atoms with Crippen LogP contribution in [0.25, 0.3) is 21.9 Å². The van der Waals surface area contributed by atoms with Crippen molar-refractivity contribution >= 4 is 34.5 Å². The Morgan fingerprint density at radius 3 is 1.84 bits per heavy atom. The van der Waals surface area contributed by atoms with E-state index in [0.29, 0.717) is 79.6 Å². The lowest BCUT2D eigenvalue weighted by Gasteiger charge is -2.32. The Morgan fingerprint density at radius 1 is 0.683 bits per heavy atom. The Labute approximate surface area is 364 Å². The van der Waals surface area contributed by atoms with Gasteiger partial charge in [-0.2, -0.15) is 0 Å². The number of nitrogens with zero attached hydrogens (tertiary/aromatic N) is 4. The second-order valence-corrected chi connectivity index (χ2v) is 16.0. The Hall–Kier alpha value is -5.54. The topological polar surface area (TPSA) is 251 Å². The van der Waals surface area contributed by atoms with Crippen molar-refractivity contribution in [2.75, 3.05) is 27.2 Å². The van der Waals surface area contributed by atoms with E-state index in [1.165, 1.54) is 18.5 Å². The van der Waals surface area contributed by atoms with Gasteiger partial charge in [-0.3, -0.25) is 19.7 Å². The maximum absolute atomic E-state index is 13.2. The molecule has 1 fully saturated rings. The van der Waals surface area contributed by atoms with Gasteiger partial charge in [0.1, 0.15) is 29.4 Å². The molecule has 5 heterocycles. The first-order chi connectivity index (χ1) is 30.0. The van der Waals surface area contributed by atoms with Gasteiger partial charge in [0.05, 0.1) is 91.1 Å². The predicted octanol–water partition coefficient (Wildman–Crippen LogP) is 3.50. The van der Waals surface area contributed by atoms with Gasteiger partial charge in [0.15, 0.2) is 11.3 Å². The van der Waals surface area contributed by atoms with E-state index in [0.717, 1.165) is 17.6 Å². The minimum Gasteiger partial charge on any atom is -0.506 e. The second kappa shape index (κ2) is 21.2. The number of likely N-dealkylation sites (N-methyl/N-ethyl adjacent to an activating group) is 1. The summed E-state index contributed by atoms with van der Waals surface area (Å²) < 4.78 is 29.8. The van der Waals surface area contributed by atoms with Crippen molar-refractivity contribution in [2.45, 2.75) is 85.5 Å². The average molecular weight is 871 g/mol. The standard InChI is InChI=1S/C25H26N2O6.C13H20BNO4.C7H9NO3/c1-15-8-20-24(30)19-5-4-17(32-18-10-16(13-28)21(14-29)26-12-18)11-22(19)33-25(20)23(9-15)31-7-6-27(2)3;1-12(2)13(3,4)19-14(18-12)10-5-9(7-16)11(8-17)15-6-10;9-3-5-1-6(11)2-8-7(5)4-10/h4-5,8-12,28-29H,6-7,13-14H2,1-3H3;5-6,16-17H,7-8H2,1-4H3;1-2,9-11H,3-4H2. The summed E-state index contributed by atoms with van der Waals surface area (Å²) in [5, 5.41) is 64.4. The number of pyridine rings is 3. The van der Waals surface area contributed by atoms with Crippen LogP contribution in [0.1, 0.15) is 67.0 Å². The van der Waals surface area contributed by atoms with Crippen LogP contribution in [0.4, 0.5) is 0 Å². The molecule has 0 saturated carbocycles. The number of hydrogen-bond donors (Lipinski definition) is 7. The number of aliphatic hydroxyl groups excluding tert-OH is 6. The number of rotatable bonds is 13. The number of aromatic nitrogens is 3. The smallest absolute Gasteiger partial charge is 0.496 e. The highest BCUT2D eigenvalue weighted by Gasteiger charge is 2.51. The van der Waals surface area contributed by atoms with E-state index in [4.69, 9.17) is 43.6 Å². The molecule has 0 spiro atoms. The molecular weight excluding hydrogens is 815 g/mol. The first kappa shape index (κ1) is 48.5. The SMILES string of the molecule is CC1(C)OB(c2cnc(CO)c(CO)c2)OC1(C)C.Cc1cc(OCCN(C)C)c2oc3cc(Oc4cnc(CO)c(CO)c4)ccc3c(=O)c2c1.OCc1cc(O)cnc1CO. The normalized spacial score (nSPS) is 14.0. The molecule has 63 heavy (non-hydrogen) atoms. The molecule has 2 aromatic carbocycles. The number of fused-ring (bicyclic) bond motifs is 2. The van der Waals surface area contributed by atoms with Gasteiger partial charge >= 0.3 is 7.12 Å². The number of aromatic hydroxyl groups is 1. The fraction of sp³-hybridized carbons (Fsp3) is 0.378. The monoisotopic (exact) mass is 870 g/mol. The molecule has 1 aliphatic heterocycles. The van der Waals surface area contributed by atoms with E-state index in [1.807, 2.05) is 59.7 Å². The summed E-state index contributed by atoms with van der Waals surface area (Å²) in [4.78, 5) is 27.1. The van der Waals surface area contributed by atoms with Crippen LogP contribution >= 0.6 is 0 Å². The zero-order valence-electron chi connectivity index (χ0n) is 36.5. The summed E-state index contributed by atoms with van der Waals surface area (Å²) in [5.41, 5.74) is 4.23. The van der Waals surface area contributed by atoms with Crippen LogP contribution < -0.4 is 20.4 Å². The fourth-order valence-electron chi connectivity index (χ4n) is 6.29. The highest BCUT2D eigenvalue weighted by molar-refractivity contribution is 6.62. The molecular formula is C45H55BN4O13. The van der Waals surface area contributed by atoms with Gasteiger partial charge in [-0.25, -0.2) is 0 Å². The summed E-state index contributed by atoms with van der Waals surface area (Å²) in [6.07, 6.45) is 4.31. The summed E-state index contributed by atoms with van der Waals surface area (Å²) in [6, 6.07) is 13.4. The molecule has 1 saturated heterocycles. The third-order valence-electron chi connectivity index (χ3n) is 10.5. The molecule has 0 radical (unpaired) electrons. The predicted molar refractivity (Wildman–Crippen MR) is 234 cm³/mol. The van der Waals surface area contributed by atoms with E-state index in [-0.39, 0.29) is 50.8 Å². The van der Waals surface area contributed by atoms with Crippen LogP contribution in [0.5, 0.6) is 23.0 Å². The van der Waals surface area contributed by atoms with Crippen LogP contribution in [0, 0.1) is 6.92 Å². The molecule has 0 unspecified atom stereocenters. The van der Waals surface area contributed by atoms with E-state index >= 15 is 0 Å². The summed E-state index contributed by atoms with van der Waals surface area (Å²) in [7, 11) is 3.42. The molecule has 18 heteroatoms. The quantitative estimate of drug-likeness (QED) is 0.0648. The molecule has 6 aromatic rings. The number of hydrogen-bond acceptors (Lipinski definition) is 17. The molecule has 7 N–H and O–H groups in total. The number of aliphatic hydroxyl groups is 6. The molecule has 7 rings (SSSR count). The summed E-state index contributed by atoms with van der Waals surface area (Å²) in [5.74, 6) is 1.34. The first-order valence-corrected chi connectivity index (χ1v) is 20.1. The zero-order chi connectivity index (χ0) is 46.1. The lowest BCUT2D eigenvalue weighted by molar-refractivity contribution is 0.00578. The lowest BCUT2D eigenvalue weighted by Crippen LogP contribution is -2.41. The van der Waals surface area contributed by atoms with Gasteiger partial charge in [-0.15, -0.1) is 0 Å². The van der Waals surface area contributed by atoms with Crippen LogP contribution in [0.15, 0.2) is 76.3 Å². The van der Waals surface area contributed by atoms with E-state index < -0.39 is 18.3 Å². The largest absolute Gasteiger partial charge is 0.506 e. The van der Waals surface area contributed by atoms with Crippen molar-refractivity contribution in [1.82, 2.24) is 19.9 Å². The van der Waals surface area contributed by atoms with Crippen molar-refractivity contribution in [3.63, 3.8) is 0 Å². The van der Waals surface area contributed by atoms with E-state index in [1.54, 1.807) is 42.6 Å².